The second-order valence-electron chi connectivity index (χ2n) is 4.23. The lowest BCUT2D eigenvalue weighted by Gasteiger charge is -2.12. The Labute approximate surface area is 113 Å². The highest BCUT2D eigenvalue weighted by Crippen LogP contribution is 2.35. The van der Waals surface area contributed by atoms with Crippen LogP contribution in [0.5, 0.6) is 0 Å². The lowest BCUT2D eigenvalue weighted by atomic mass is 10.1. The molecule has 0 fully saturated rings. The number of benzene rings is 1. The summed E-state index contributed by atoms with van der Waals surface area (Å²) in [4.78, 5) is 11.4. The Hall–Kier alpha value is -1.77. The first-order valence-electron chi connectivity index (χ1n) is 5.43. The normalized spacial score (nSPS) is 12.2. The van der Waals surface area contributed by atoms with Gasteiger partial charge in [0.15, 0.2) is 0 Å². The Morgan fingerprint density at radius 3 is 2.45 bits per heavy atom. The van der Waals surface area contributed by atoms with E-state index in [1.807, 2.05) is 0 Å². The largest absolute Gasteiger partial charge is 0.418 e. The van der Waals surface area contributed by atoms with Crippen molar-refractivity contribution in [2.45, 2.75) is 12.6 Å². The van der Waals surface area contributed by atoms with Gasteiger partial charge in [0, 0.05) is 24.1 Å². The van der Waals surface area contributed by atoms with Crippen LogP contribution in [0.15, 0.2) is 18.2 Å². The summed E-state index contributed by atoms with van der Waals surface area (Å²) in [6.07, 6.45) is -3.99. The van der Waals surface area contributed by atoms with Crippen molar-refractivity contribution in [1.29, 1.82) is 0 Å². The van der Waals surface area contributed by atoms with Gasteiger partial charge in [0.25, 0.3) is 0 Å². The molecule has 0 saturated heterocycles. The summed E-state index contributed by atoms with van der Waals surface area (Å²) in [5.41, 5.74) is 3.61. The fourth-order valence-corrected chi connectivity index (χ4v) is 1.94. The molecule has 5 nitrogen and oxygen atoms in total. The van der Waals surface area contributed by atoms with E-state index >= 15 is 0 Å². The Balaban J connectivity index is 2.81. The zero-order chi connectivity index (χ0) is 15.6. The van der Waals surface area contributed by atoms with Gasteiger partial charge in [-0.15, -0.1) is 0 Å². The molecular weight excluding hydrogens is 297 g/mol. The lowest BCUT2D eigenvalue weighted by Crippen LogP contribution is -2.17. The number of carbonyl (C=O) groups excluding carboxylic acids is 1. The number of nitrogens with two attached hydrogens (primary N) is 1. The molecule has 112 valence electrons. The first-order chi connectivity index (χ1) is 8.99. The van der Waals surface area contributed by atoms with Crippen molar-refractivity contribution < 1.29 is 26.4 Å². The van der Waals surface area contributed by atoms with Gasteiger partial charge < -0.3 is 11.1 Å². The van der Waals surface area contributed by atoms with E-state index in [1.165, 1.54) is 6.07 Å². The molecule has 1 aromatic carbocycles. The van der Waals surface area contributed by atoms with E-state index in [0.29, 0.717) is 6.07 Å². The number of rotatable bonds is 4. The van der Waals surface area contributed by atoms with E-state index in [4.69, 9.17) is 5.73 Å². The highest BCUT2D eigenvalue weighted by Gasteiger charge is 2.33. The molecule has 0 aromatic heterocycles. The quantitative estimate of drug-likeness (QED) is 0.828. The first kappa shape index (κ1) is 16.3. The van der Waals surface area contributed by atoms with E-state index in [1.54, 1.807) is 0 Å². The molecule has 1 rings (SSSR count). The number of nitrogens with one attached hydrogen (secondary N) is 1. The number of alkyl halides is 3. The number of carbonyl (C=O) groups is 1. The van der Waals surface area contributed by atoms with Crippen LogP contribution < -0.4 is 11.1 Å². The van der Waals surface area contributed by atoms with Crippen LogP contribution in [-0.2, 0) is 20.8 Å². The molecule has 0 heterocycles. The van der Waals surface area contributed by atoms with Gasteiger partial charge in [0.05, 0.1) is 11.3 Å². The predicted octanol–water partition coefficient (Wildman–Crippen LogP) is 1.66. The van der Waals surface area contributed by atoms with Gasteiger partial charge in [-0.25, -0.2) is 8.42 Å². The molecule has 0 aliphatic carbocycles. The third-order valence-corrected chi connectivity index (χ3v) is 3.29. The number of halogens is 3. The van der Waals surface area contributed by atoms with Gasteiger partial charge >= 0.3 is 6.18 Å². The molecule has 0 radical (unpaired) electrons. The zero-order valence-corrected chi connectivity index (χ0v) is 11.3. The molecule has 1 amide bonds. The molecule has 0 bridgehead atoms. The summed E-state index contributed by atoms with van der Waals surface area (Å²) in [7, 11) is -3.31. The number of anilines is 2. The molecule has 0 aliphatic heterocycles. The molecule has 1 aromatic rings. The van der Waals surface area contributed by atoms with Gasteiger partial charge in [-0.2, -0.15) is 13.2 Å². The predicted molar refractivity (Wildman–Crippen MR) is 68.8 cm³/mol. The van der Waals surface area contributed by atoms with Crippen molar-refractivity contribution in [1.82, 2.24) is 0 Å². The lowest BCUT2D eigenvalue weighted by molar-refractivity contribution is -0.136. The monoisotopic (exact) mass is 310 g/mol. The highest BCUT2D eigenvalue weighted by atomic mass is 32.2. The van der Waals surface area contributed by atoms with Crippen molar-refractivity contribution in [2.75, 3.05) is 23.1 Å². The number of nitrogen functional groups attached to an aromatic ring is 1. The smallest absolute Gasteiger partial charge is 0.398 e. The van der Waals surface area contributed by atoms with Crippen molar-refractivity contribution >= 4 is 27.1 Å². The number of sulfone groups is 1. The average Bonchev–Trinajstić information content (AvgIpc) is 2.27. The zero-order valence-electron chi connectivity index (χ0n) is 10.5. The summed E-state index contributed by atoms with van der Waals surface area (Å²) in [5.74, 6) is -1.06. The van der Waals surface area contributed by atoms with Crippen LogP contribution in [0.2, 0.25) is 0 Å². The van der Waals surface area contributed by atoms with Gasteiger partial charge in [0.1, 0.15) is 9.84 Å². The second-order valence-corrected chi connectivity index (χ2v) is 6.49. The van der Waals surface area contributed by atoms with Crippen molar-refractivity contribution in [3.63, 3.8) is 0 Å². The van der Waals surface area contributed by atoms with Gasteiger partial charge in [-0.1, -0.05) is 0 Å². The SMILES string of the molecule is CS(=O)(=O)CCC(=O)Nc1ccc(N)c(C(F)(F)F)c1. The van der Waals surface area contributed by atoms with E-state index < -0.39 is 33.2 Å². The summed E-state index contributed by atoms with van der Waals surface area (Å²) in [6, 6.07) is 2.94. The topological polar surface area (TPSA) is 89.3 Å². The van der Waals surface area contributed by atoms with Crippen molar-refractivity contribution in [3.8, 4) is 0 Å². The van der Waals surface area contributed by atoms with Crippen LogP contribution in [-0.4, -0.2) is 26.3 Å². The molecule has 0 unspecified atom stereocenters. The fraction of sp³-hybridized carbons (Fsp3) is 0.364. The van der Waals surface area contributed by atoms with Crippen LogP contribution in [0, 0.1) is 0 Å². The third kappa shape index (κ3) is 5.08. The highest BCUT2D eigenvalue weighted by molar-refractivity contribution is 7.90. The molecule has 9 heteroatoms. The van der Waals surface area contributed by atoms with E-state index in [0.717, 1.165) is 12.3 Å². The molecule has 20 heavy (non-hydrogen) atoms. The van der Waals surface area contributed by atoms with Gasteiger partial charge in [0.2, 0.25) is 5.91 Å². The molecule has 3 N–H and O–H groups in total. The van der Waals surface area contributed by atoms with E-state index in [9.17, 15) is 26.4 Å². The third-order valence-electron chi connectivity index (χ3n) is 2.34. The molecule has 0 atom stereocenters. The summed E-state index contributed by atoms with van der Waals surface area (Å²) < 4.78 is 59.5. The minimum atomic E-state index is -4.63. The Kier molecular flexibility index (Phi) is 4.64. The molecular formula is C11H13F3N2O3S. The maximum atomic E-state index is 12.6. The fourth-order valence-electron chi connectivity index (χ4n) is 1.38. The van der Waals surface area contributed by atoms with Crippen LogP contribution in [0.4, 0.5) is 24.5 Å². The first-order valence-corrected chi connectivity index (χ1v) is 7.49. The number of hydrogen-bond acceptors (Lipinski definition) is 4. The van der Waals surface area contributed by atoms with E-state index in [2.05, 4.69) is 5.32 Å². The average molecular weight is 310 g/mol. The minimum absolute atomic E-state index is 0.0926. The van der Waals surface area contributed by atoms with Gasteiger partial charge in [-0.3, -0.25) is 4.79 Å². The number of amides is 1. The Morgan fingerprint density at radius 2 is 1.95 bits per heavy atom. The molecule has 0 aliphatic rings. The van der Waals surface area contributed by atoms with Crippen LogP contribution in [0.1, 0.15) is 12.0 Å². The van der Waals surface area contributed by atoms with Crippen LogP contribution in [0.25, 0.3) is 0 Å². The summed E-state index contributed by atoms with van der Waals surface area (Å²) in [5, 5.41) is 2.20. The molecule has 0 spiro atoms. The Bertz CT molecular complexity index is 612. The van der Waals surface area contributed by atoms with E-state index in [-0.39, 0.29) is 17.9 Å². The maximum absolute atomic E-state index is 12.6. The standard InChI is InChI=1S/C11H13F3N2O3S/c1-20(18,19)5-4-10(17)16-7-2-3-9(15)8(6-7)11(12,13)14/h2-3,6H,4-5,15H2,1H3,(H,16,17). The molecule has 0 saturated carbocycles. The van der Waals surface area contributed by atoms with Crippen molar-refractivity contribution in [3.05, 3.63) is 23.8 Å². The summed E-state index contributed by atoms with van der Waals surface area (Å²) >= 11 is 0. The van der Waals surface area contributed by atoms with Crippen LogP contribution >= 0.6 is 0 Å². The Morgan fingerprint density at radius 1 is 1.35 bits per heavy atom. The maximum Gasteiger partial charge on any atom is 0.418 e. The van der Waals surface area contributed by atoms with Gasteiger partial charge in [-0.05, 0) is 18.2 Å². The van der Waals surface area contributed by atoms with Crippen LogP contribution in [0.3, 0.4) is 0 Å². The van der Waals surface area contributed by atoms with Crippen molar-refractivity contribution in [2.24, 2.45) is 0 Å². The summed E-state index contributed by atoms with van der Waals surface area (Å²) in [6.45, 7) is 0. The minimum Gasteiger partial charge on any atom is -0.398 e. The second kappa shape index (κ2) is 5.70. The number of hydrogen-bond donors (Lipinski definition) is 2.